The standard InChI is InChI=1S/C10H8IN/c11-10-5-4-7(6-12)8-2-1-3-9(8)10/h4-5H,1-3H2. The summed E-state index contributed by atoms with van der Waals surface area (Å²) in [6, 6.07) is 6.23. The van der Waals surface area contributed by atoms with Crippen molar-refractivity contribution in [3.8, 4) is 6.07 Å². The molecule has 2 rings (SSSR count). The average Bonchev–Trinajstić information content (AvgIpc) is 2.54. The number of fused-ring (bicyclic) bond motifs is 1. The summed E-state index contributed by atoms with van der Waals surface area (Å²) in [5.41, 5.74) is 3.59. The molecule has 2 heteroatoms. The Labute approximate surface area is 85.5 Å². The van der Waals surface area contributed by atoms with Crippen molar-refractivity contribution in [3.05, 3.63) is 32.4 Å². The zero-order valence-corrected chi connectivity index (χ0v) is 8.76. The molecular weight excluding hydrogens is 261 g/mol. The lowest BCUT2D eigenvalue weighted by Crippen LogP contribution is -1.91. The van der Waals surface area contributed by atoms with E-state index in [1.807, 2.05) is 12.1 Å². The highest BCUT2D eigenvalue weighted by atomic mass is 127. The molecule has 60 valence electrons. The highest BCUT2D eigenvalue weighted by Gasteiger charge is 2.16. The lowest BCUT2D eigenvalue weighted by Gasteiger charge is -2.02. The van der Waals surface area contributed by atoms with Crippen LogP contribution in [0.4, 0.5) is 0 Å². The summed E-state index contributed by atoms with van der Waals surface area (Å²) in [5, 5.41) is 8.84. The molecule has 0 heterocycles. The number of hydrogen-bond acceptors (Lipinski definition) is 1. The van der Waals surface area contributed by atoms with Crippen molar-refractivity contribution in [1.82, 2.24) is 0 Å². The minimum absolute atomic E-state index is 0.878. The minimum Gasteiger partial charge on any atom is -0.192 e. The quantitative estimate of drug-likeness (QED) is 0.664. The molecule has 0 aliphatic heterocycles. The van der Waals surface area contributed by atoms with Crippen molar-refractivity contribution in [3.63, 3.8) is 0 Å². The smallest absolute Gasteiger partial charge is 0.0994 e. The summed E-state index contributed by atoms with van der Waals surface area (Å²) in [4.78, 5) is 0. The molecule has 0 atom stereocenters. The number of hydrogen-bond donors (Lipinski definition) is 0. The normalized spacial score (nSPS) is 14.0. The molecule has 0 radical (unpaired) electrons. The summed E-state index contributed by atoms with van der Waals surface area (Å²) in [7, 11) is 0. The van der Waals surface area contributed by atoms with Crippen molar-refractivity contribution in [2.75, 3.05) is 0 Å². The van der Waals surface area contributed by atoms with Gasteiger partial charge in [-0.1, -0.05) is 0 Å². The van der Waals surface area contributed by atoms with Gasteiger partial charge in [-0.25, -0.2) is 0 Å². The largest absolute Gasteiger partial charge is 0.192 e. The van der Waals surface area contributed by atoms with Crippen LogP contribution in [0.2, 0.25) is 0 Å². The maximum atomic E-state index is 8.84. The topological polar surface area (TPSA) is 23.8 Å². The lowest BCUT2D eigenvalue weighted by molar-refractivity contribution is 0.909. The van der Waals surface area contributed by atoms with Gasteiger partial charge >= 0.3 is 0 Å². The number of benzene rings is 1. The van der Waals surface area contributed by atoms with Gasteiger partial charge in [-0.15, -0.1) is 0 Å². The van der Waals surface area contributed by atoms with E-state index in [4.69, 9.17) is 5.26 Å². The molecule has 12 heavy (non-hydrogen) atoms. The lowest BCUT2D eigenvalue weighted by atomic mass is 10.0. The van der Waals surface area contributed by atoms with Crippen molar-refractivity contribution >= 4 is 22.6 Å². The molecule has 0 unspecified atom stereocenters. The third-order valence-corrected chi connectivity index (χ3v) is 3.36. The van der Waals surface area contributed by atoms with Crippen molar-refractivity contribution in [2.45, 2.75) is 19.3 Å². The third-order valence-electron chi connectivity index (χ3n) is 2.35. The molecule has 0 N–H and O–H groups in total. The maximum absolute atomic E-state index is 8.84. The van der Waals surface area contributed by atoms with Gasteiger partial charge in [0.05, 0.1) is 11.6 Å². The predicted molar refractivity (Wildman–Crippen MR) is 55.9 cm³/mol. The Balaban J connectivity index is 2.66. The number of nitriles is 1. The van der Waals surface area contributed by atoms with Crippen molar-refractivity contribution in [1.29, 1.82) is 5.26 Å². The Kier molecular flexibility index (Phi) is 2.05. The highest BCUT2D eigenvalue weighted by molar-refractivity contribution is 14.1. The fourth-order valence-electron chi connectivity index (χ4n) is 1.77. The Morgan fingerprint density at radius 2 is 2.00 bits per heavy atom. The Morgan fingerprint density at radius 3 is 2.75 bits per heavy atom. The van der Waals surface area contributed by atoms with E-state index in [1.54, 1.807) is 0 Å². The molecule has 1 aliphatic rings. The van der Waals surface area contributed by atoms with Gasteiger partial charge < -0.3 is 0 Å². The average molecular weight is 269 g/mol. The summed E-state index contributed by atoms with van der Waals surface area (Å²) in [6.45, 7) is 0. The van der Waals surface area contributed by atoms with Gasteiger partial charge in [0.2, 0.25) is 0 Å². The zero-order chi connectivity index (χ0) is 8.55. The first-order valence-electron chi connectivity index (χ1n) is 4.03. The Hall–Kier alpha value is -0.560. The van der Waals surface area contributed by atoms with Gasteiger partial charge in [-0.3, -0.25) is 0 Å². The predicted octanol–water partition coefficient (Wildman–Crippen LogP) is 2.65. The van der Waals surface area contributed by atoms with E-state index >= 15 is 0 Å². The van der Waals surface area contributed by atoms with Gasteiger partial charge in [-0.2, -0.15) is 5.26 Å². The van der Waals surface area contributed by atoms with Gasteiger partial charge in [0.25, 0.3) is 0 Å². The van der Waals surface area contributed by atoms with Crippen LogP contribution in [0.1, 0.15) is 23.1 Å². The number of rotatable bonds is 0. The fraction of sp³-hybridized carbons (Fsp3) is 0.300. The van der Waals surface area contributed by atoms with E-state index in [0.717, 1.165) is 18.4 Å². The van der Waals surface area contributed by atoms with Crippen molar-refractivity contribution in [2.24, 2.45) is 0 Å². The fourth-order valence-corrected chi connectivity index (χ4v) is 2.54. The monoisotopic (exact) mass is 269 g/mol. The first kappa shape index (κ1) is 8.06. The van der Waals surface area contributed by atoms with Crippen LogP contribution in [-0.4, -0.2) is 0 Å². The van der Waals surface area contributed by atoms with E-state index < -0.39 is 0 Å². The van der Waals surface area contributed by atoms with E-state index in [0.29, 0.717) is 0 Å². The van der Waals surface area contributed by atoms with Crippen molar-refractivity contribution < 1.29 is 0 Å². The van der Waals surface area contributed by atoms with Crippen LogP contribution in [0, 0.1) is 14.9 Å². The van der Waals surface area contributed by atoms with Gasteiger partial charge in [0.1, 0.15) is 0 Å². The van der Waals surface area contributed by atoms with Gasteiger partial charge in [0.15, 0.2) is 0 Å². The maximum Gasteiger partial charge on any atom is 0.0994 e. The minimum atomic E-state index is 0.878. The van der Waals surface area contributed by atoms with Crippen LogP contribution >= 0.6 is 22.6 Å². The molecular formula is C10H8IN. The van der Waals surface area contributed by atoms with E-state index in [2.05, 4.69) is 28.7 Å². The summed E-state index contributed by atoms with van der Waals surface area (Å²) in [5.74, 6) is 0. The molecule has 0 saturated heterocycles. The summed E-state index contributed by atoms with van der Waals surface area (Å²) in [6.07, 6.45) is 3.46. The Morgan fingerprint density at radius 1 is 1.25 bits per heavy atom. The van der Waals surface area contributed by atoms with E-state index in [-0.39, 0.29) is 0 Å². The van der Waals surface area contributed by atoms with Crippen LogP contribution in [0.15, 0.2) is 12.1 Å². The second kappa shape index (κ2) is 3.06. The highest BCUT2D eigenvalue weighted by Crippen LogP contribution is 2.28. The molecule has 0 bridgehead atoms. The molecule has 0 saturated carbocycles. The van der Waals surface area contributed by atoms with E-state index in [9.17, 15) is 0 Å². The molecule has 0 aromatic heterocycles. The van der Waals surface area contributed by atoms with Gasteiger partial charge in [0, 0.05) is 3.57 Å². The Bertz CT molecular complexity index is 363. The molecule has 1 aliphatic carbocycles. The summed E-state index contributed by atoms with van der Waals surface area (Å²) >= 11 is 2.35. The second-order valence-corrected chi connectivity index (χ2v) is 4.18. The first-order chi connectivity index (χ1) is 5.83. The van der Waals surface area contributed by atoms with Crippen LogP contribution < -0.4 is 0 Å². The summed E-state index contributed by atoms with van der Waals surface area (Å²) < 4.78 is 1.32. The third kappa shape index (κ3) is 1.13. The SMILES string of the molecule is N#Cc1ccc(I)c2c1CCC2. The molecule has 0 spiro atoms. The van der Waals surface area contributed by atoms with Gasteiger partial charge in [-0.05, 0) is 65.1 Å². The second-order valence-electron chi connectivity index (χ2n) is 3.02. The van der Waals surface area contributed by atoms with Crippen LogP contribution in [0.3, 0.4) is 0 Å². The molecule has 1 aromatic carbocycles. The number of nitrogens with zero attached hydrogens (tertiary/aromatic N) is 1. The van der Waals surface area contributed by atoms with Crippen LogP contribution in [0.25, 0.3) is 0 Å². The molecule has 1 nitrogen and oxygen atoms in total. The van der Waals surface area contributed by atoms with E-state index in [1.165, 1.54) is 21.1 Å². The molecule has 1 aromatic rings. The number of halogens is 1. The van der Waals surface area contributed by atoms with Crippen LogP contribution in [0.5, 0.6) is 0 Å². The first-order valence-corrected chi connectivity index (χ1v) is 5.11. The van der Waals surface area contributed by atoms with Crippen LogP contribution in [-0.2, 0) is 12.8 Å². The zero-order valence-electron chi connectivity index (χ0n) is 6.60. The molecule has 0 amide bonds. The molecule has 0 fully saturated rings.